The molecule has 2 N–H and O–H groups in total. The molecule has 0 unspecified atom stereocenters. The number of urea groups is 1. The highest BCUT2D eigenvalue weighted by Gasteiger charge is 2.09. The van der Waals surface area contributed by atoms with Crippen molar-refractivity contribution in [3.8, 4) is 0 Å². The Labute approximate surface area is 111 Å². The van der Waals surface area contributed by atoms with Crippen molar-refractivity contribution in [2.75, 3.05) is 0 Å². The van der Waals surface area contributed by atoms with Crippen LogP contribution in [0.2, 0.25) is 0 Å². The van der Waals surface area contributed by atoms with Crippen LogP contribution in [0.1, 0.15) is 22.6 Å². The minimum absolute atomic E-state index is 0.225. The Bertz CT molecular complexity index is 532. The van der Waals surface area contributed by atoms with E-state index in [4.69, 9.17) is 4.52 Å². The molecule has 2 aromatic rings. The number of aryl methyl sites for hydroxylation is 2. The van der Waals surface area contributed by atoms with E-state index in [0.717, 1.165) is 22.6 Å². The molecule has 0 aliphatic rings. The molecule has 0 aliphatic heterocycles. The third-order valence-electron chi connectivity index (χ3n) is 2.81. The number of carbonyl (C=O) groups excluding carboxylic acids is 1. The minimum atomic E-state index is -0.225. The number of hydrogen-bond acceptors (Lipinski definition) is 4. The largest absolute Gasteiger partial charge is 0.361 e. The van der Waals surface area contributed by atoms with Gasteiger partial charge in [0.15, 0.2) is 0 Å². The molecule has 6 nitrogen and oxygen atoms in total. The zero-order valence-electron chi connectivity index (χ0n) is 10.9. The van der Waals surface area contributed by atoms with Gasteiger partial charge in [0.1, 0.15) is 5.76 Å². The van der Waals surface area contributed by atoms with Crippen molar-refractivity contribution >= 4 is 6.03 Å². The van der Waals surface area contributed by atoms with E-state index in [9.17, 15) is 4.79 Å². The van der Waals surface area contributed by atoms with Crippen molar-refractivity contribution in [2.45, 2.75) is 26.9 Å². The molecule has 0 bridgehead atoms. The quantitative estimate of drug-likeness (QED) is 0.876. The lowest BCUT2D eigenvalue weighted by Crippen LogP contribution is -2.34. The Morgan fingerprint density at radius 3 is 2.53 bits per heavy atom. The van der Waals surface area contributed by atoms with Crippen LogP contribution >= 0.6 is 0 Å². The molecule has 0 aromatic carbocycles. The fourth-order valence-electron chi connectivity index (χ4n) is 1.67. The van der Waals surface area contributed by atoms with Crippen LogP contribution in [0, 0.1) is 13.8 Å². The normalized spacial score (nSPS) is 10.2. The predicted molar refractivity (Wildman–Crippen MR) is 69.3 cm³/mol. The molecule has 2 rings (SSSR count). The zero-order valence-corrected chi connectivity index (χ0v) is 10.9. The number of nitrogens with zero attached hydrogens (tertiary/aromatic N) is 2. The van der Waals surface area contributed by atoms with Gasteiger partial charge in [-0.1, -0.05) is 5.16 Å². The number of carbonyl (C=O) groups is 1. The van der Waals surface area contributed by atoms with E-state index in [0.29, 0.717) is 13.1 Å². The summed E-state index contributed by atoms with van der Waals surface area (Å²) in [6.45, 7) is 4.55. The minimum Gasteiger partial charge on any atom is -0.361 e. The summed E-state index contributed by atoms with van der Waals surface area (Å²) in [4.78, 5) is 15.6. The first-order valence-corrected chi connectivity index (χ1v) is 5.99. The average molecular weight is 260 g/mol. The van der Waals surface area contributed by atoms with Crippen LogP contribution in [-0.2, 0) is 13.1 Å². The first-order valence-electron chi connectivity index (χ1n) is 5.99. The van der Waals surface area contributed by atoms with Gasteiger partial charge in [0.25, 0.3) is 0 Å². The maximum atomic E-state index is 11.6. The topological polar surface area (TPSA) is 80.0 Å². The standard InChI is InChI=1S/C13H16N4O2/c1-9-12(10(2)19-17-9)8-16-13(18)15-7-11-3-5-14-6-4-11/h3-6H,7-8H2,1-2H3,(H2,15,16,18). The van der Waals surface area contributed by atoms with Gasteiger partial charge in [0.2, 0.25) is 0 Å². The molecule has 6 heteroatoms. The predicted octanol–water partition coefficient (Wildman–Crippen LogP) is 1.69. The van der Waals surface area contributed by atoms with Crippen molar-refractivity contribution in [1.82, 2.24) is 20.8 Å². The maximum absolute atomic E-state index is 11.6. The Morgan fingerprint density at radius 2 is 1.89 bits per heavy atom. The van der Waals surface area contributed by atoms with E-state index in [1.54, 1.807) is 12.4 Å². The average Bonchev–Trinajstić information content (AvgIpc) is 2.75. The van der Waals surface area contributed by atoms with Crippen molar-refractivity contribution in [1.29, 1.82) is 0 Å². The lowest BCUT2D eigenvalue weighted by molar-refractivity contribution is 0.240. The molecule has 0 spiro atoms. The summed E-state index contributed by atoms with van der Waals surface area (Å²) in [7, 11) is 0. The summed E-state index contributed by atoms with van der Waals surface area (Å²) in [5.41, 5.74) is 2.72. The molecule has 100 valence electrons. The number of hydrogen-bond donors (Lipinski definition) is 2. The van der Waals surface area contributed by atoms with Crippen molar-refractivity contribution in [3.63, 3.8) is 0 Å². The lowest BCUT2D eigenvalue weighted by atomic mass is 10.2. The summed E-state index contributed by atoms with van der Waals surface area (Å²) >= 11 is 0. The van der Waals surface area contributed by atoms with Crippen LogP contribution in [0.3, 0.4) is 0 Å². The van der Waals surface area contributed by atoms with Gasteiger partial charge in [-0.15, -0.1) is 0 Å². The van der Waals surface area contributed by atoms with Crippen LogP contribution in [0.5, 0.6) is 0 Å². The summed E-state index contributed by atoms with van der Waals surface area (Å²) < 4.78 is 5.03. The summed E-state index contributed by atoms with van der Waals surface area (Å²) in [5, 5.41) is 9.38. The van der Waals surface area contributed by atoms with Crippen LogP contribution in [-0.4, -0.2) is 16.2 Å². The van der Waals surface area contributed by atoms with Gasteiger partial charge in [-0.3, -0.25) is 4.98 Å². The zero-order chi connectivity index (χ0) is 13.7. The molecular formula is C13H16N4O2. The first-order chi connectivity index (χ1) is 9.16. The van der Waals surface area contributed by atoms with Crippen LogP contribution in [0.4, 0.5) is 4.79 Å². The van der Waals surface area contributed by atoms with Gasteiger partial charge >= 0.3 is 6.03 Å². The van der Waals surface area contributed by atoms with E-state index in [1.807, 2.05) is 26.0 Å². The van der Waals surface area contributed by atoms with Gasteiger partial charge in [-0.05, 0) is 31.5 Å². The summed E-state index contributed by atoms with van der Waals surface area (Å²) in [5.74, 6) is 0.729. The van der Waals surface area contributed by atoms with E-state index in [2.05, 4.69) is 20.8 Å². The van der Waals surface area contributed by atoms with Crippen LogP contribution < -0.4 is 10.6 Å². The highest BCUT2D eigenvalue weighted by Crippen LogP contribution is 2.11. The number of rotatable bonds is 4. The second-order valence-corrected chi connectivity index (χ2v) is 4.19. The van der Waals surface area contributed by atoms with E-state index in [-0.39, 0.29) is 6.03 Å². The number of pyridine rings is 1. The van der Waals surface area contributed by atoms with Gasteiger partial charge in [0.05, 0.1) is 5.69 Å². The van der Waals surface area contributed by atoms with Crippen LogP contribution in [0.15, 0.2) is 29.0 Å². The third-order valence-corrected chi connectivity index (χ3v) is 2.81. The molecule has 0 aliphatic carbocycles. The van der Waals surface area contributed by atoms with Gasteiger partial charge in [-0.2, -0.15) is 0 Å². The van der Waals surface area contributed by atoms with E-state index in [1.165, 1.54) is 0 Å². The Hall–Kier alpha value is -2.37. The Balaban J connectivity index is 1.79. The van der Waals surface area contributed by atoms with E-state index >= 15 is 0 Å². The summed E-state index contributed by atoms with van der Waals surface area (Å²) in [6.07, 6.45) is 3.39. The smallest absolute Gasteiger partial charge is 0.315 e. The highest BCUT2D eigenvalue weighted by atomic mass is 16.5. The Kier molecular flexibility index (Phi) is 4.12. The molecule has 0 fully saturated rings. The summed E-state index contributed by atoms with van der Waals surface area (Å²) in [6, 6.07) is 3.49. The SMILES string of the molecule is Cc1noc(C)c1CNC(=O)NCc1ccncc1. The fraction of sp³-hybridized carbons (Fsp3) is 0.308. The maximum Gasteiger partial charge on any atom is 0.315 e. The number of aromatic nitrogens is 2. The fourth-order valence-corrected chi connectivity index (χ4v) is 1.67. The number of nitrogens with one attached hydrogen (secondary N) is 2. The lowest BCUT2D eigenvalue weighted by Gasteiger charge is -2.07. The monoisotopic (exact) mass is 260 g/mol. The molecule has 0 saturated heterocycles. The second-order valence-electron chi connectivity index (χ2n) is 4.19. The Morgan fingerprint density at radius 1 is 1.21 bits per heavy atom. The molecule has 0 saturated carbocycles. The molecule has 2 heterocycles. The molecule has 0 atom stereocenters. The number of amides is 2. The van der Waals surface area contributed by atoms with Crippen molar-refractivity contribution in [3.05, 3.63) is 47.1 Å². The van der Waals surface area contributed by atoms with Gasteiger partial charge in [0, 0.05) is 31.0 Å². The molecular weight excluding hydrogens is 244 g/mol. The van der Waals surface area contributed by atoms with Crippen molar-refractivity contribution < 1.29 is 9.32 Å². The van der Waals surface area contributed by atoms with Crippen LogP contribution in [0.25, 0.3) is 0 Å². The third kappa shape index (κ3) is 3.54. The molecule has 19 heavy (non-hydrogen) atoms. The first kappa shape index (κ1) is 13.1. The second kappa shape index (κ2) is 5.99. The van der Waals surface area contributed by atoms with Crippen molar-refractivity contribution in [2.24, 2.45) is 0 Å². The molecule has 2 amide bonds. The van der Waals surface area contributed by atoms with E-state index < -0.39 is 0 Å². The molecule has 2 aromatic heterocycles. The molecule has 0 radical (unpaired) electrons. The highest BCUT2D eigenvalue weighted by molar-refractivity contribution is 5.73. The van der Waals surface area contributed by atoms with Gasteiger partial charge < -0.3 is 15.2 Å². The van der Waals surface area contributed by atoms with Gasteiger partial charge in [-0.25, -0.2) is 4.79 Å².